The minimum atomic E-state index is 0.918. The Bertz CT molecular complexity index is 226. The number of rotatable bonds is 5. The number of allylic oxidation sites excluding steroid dienone is 2. The second kappa shape index (κ2) is 8.02. The van der Waals surface area contributed by atoms with Gasteiger partial charge in [0.05, 0.1) is 0 Å². The topological polar surface area (TPSA) is 0 Å². The zero-order valence-electron chi connectivity index (χ0n) is 12.4. The minimum Gasteiger partial charge on any atom is -0.0883 e. The van der Waals surface area contributed by atoms with Gasteiger partial charge in [-0.3, -0.25) is 0 Å². The molecule has 0 aromatic carbocycles. The summed E-state index contributed by atoms with van der Waals surface area (Å²) in [5.41, 5.74) is 0. The van der Waals surface area contributed by atoms with E-state index in [1.165, 1.54) is 64.2 Å². The fourth-order valence-corrected chi connectivity index (χ4v) is 4.03. The van der Waals surface area contributed by atoms with Crippen LogP contribution in [0.1, 0.15) is 84.0 Å². The lowest BCUT2D eigenvalue weighted by atomic mass is 9.71. The Labute approximate surface area is 114 Å². The first-order valence-electron chi connectivity index (χ1n) is 8.56. The third kappa shape index (κ3) is 4.44. The van der Waals surface area contributed by atoms with Crippen molar-refractivity contribution in [3.63, 3.8) is 0 Å². The van der Waals surface area contributed by atoms with Crippen molar-refractivity contribution < 1.29 is 0 Å². The van der Waals surface area contributed by atoms with Gasteiger partial charge in [-0.1, -0.05) is 64.0 Å². The molecular formula is C18H32. The highest BCUT2D eigenvalue weighted by molar-refractivity contribution is 4.92. The van der Waals surface area contributed by atoms with E-state index in [1.54, 1.807) is 12.8 Å². The van der Waals surface area contributed by atoms with Gasteiger partial charge >= 0.3 is 0 Å². The molecule has 0 saturated heterocycles. The summed E-state index contributed by atoms with van der Waals surface area (Å²) in [6.07, 6.45) is 22.6. The Kier molecular flexibility index (Phi) is 6.31. The van der Waals surface area contributed by atoms with Gasteiger partial charge in [-0.05, 0) is 49.9 Å². The Balaban J connectivity index is 1.65. The zero-order chi connectivity index (χ0) is 12.6. The van der Waals surface area contributed by atoms with E-state index in [1.807, 2.05) is 0 Å². The molecule has 2 aliphatic carbocycles. The van der Waals surface area contributed by atoms with E-state index in [0.717, 1.165) is 17.8 Å². The summed E-state index contributed by atoms with van der Waals surface area (Å²) in [4.78, 5) is 0. The normalized spacial score (nSPS) is 30.9. The first-order chi connectivity index (χ1) is 8.90. The molecule has 2 fully saturated rings. The maximum Gasteiger partial charge on any atom is -0.0233 e. The fourth-order valence-electron chi connectivity index (χ4n) is 4.03. The molecule has 2 aliphatic rings. The molecule has 0 radical (unpaired) electrons. The standard InChI is InChI=1S/C18H32/c1-2-3-4-6-9-16-12-14-18(15-13-16)17-10-7-5-8-11-17/h6,9,16-18H,2-5,7-8,10-15H2,1H3/b9-6+/t16-,18-. The van der Waals surface area contributed by atoms with Crippen molar-refractivity contribution in [2.45, 2.75) is 84.0 Å². The third-order valence-corrected chi connectivity index (χ3v) is 5.27. The first-order valence-corrected chi connectivity index (χ1v) is 8.56. The minimum absolute atomic E-state index is 0.918. The summed E-state index contributed by atoms with van der Waals surface area (Å²) in [7, 11) is 0. The van der Waals surface area contributed by atoms with Crippen molar-refractivity contribution in [3.8, 4) is 0 Å². The first kappa shape index (κ1) is 14.2. The van der Waals surface area contributed by atoms with Gasteiger partial charge in [0.1, 0.15) is 0 Å². The molecule has 0 aromatic heterocycles. The third-order valence-electron chi connectivity index (χ3n) is 5.27. The van der Waals surface area contributed by atoms with Crippen molar-refractivity contribution in [3.05, 3.63) is 12.2 Å². The molecule has 2 rings (SSSR count). The van der Waals surface area contributed by atoms with E-state index >= 15 is 0 Å². The van der Waals surface area contributed by atoms with E-state index in [2.05, 4.69) is 19.1 Å². The van der Waals surface area contributed by atoms with Crippen LogP contribution >= 0.6 is 0 Å². The molecule has 0 bridgehead atoms. The van der Waals surface area contributed by atoms with Gasteiger partial charge in [0.15, 0.2) is 0 Å². The predicted octanol–water partition coefficient (Wildman–Crippen LogP) is 6.12. The summed E-state index contributed by atoms with van der Waals surface area (Å²) in [6, 6.07) is 0. The quantitative estimate of drug-likeness (QED) is 0.406. The molecule has 0 atom stereocenters. The van der Waals surface area contributed by atoms with E-state index in [0.29, 0.717) is 0 Å². The molecule has 0 heterocycles. The van der Waals surface area contributed by atoms with Crippen LogP contribution in [0.25, 0.3) is 0 Å². The molecule has 0 nitrogen and oxygen atoms in total. The van der Waals surface area contributed by atoms with Crippen molar-refractivity contribution in [1.82, 2.24) is 0 Å². The van der Waals surface area contributed by atoms with Gasteiger partial charge in [0, 0.05) is 0 Å². The lowest BCUT2D eigenvalue weighted by Crippen LogP contribution is -2.23. The van der Waals surface area contributed by atoms with Gasteiger partial charge < -0.3 is 0 Å². The van der Waals surface area contributed by atoms with Gasteiger partial charge in [0.25, 0.3) is 0 Å². The lowest BCUT2D eigenvalue weighted by Gasteiger charge is -2.35. The van der Waals surface area contributed by atoms with Crippen molar-refractivity contribution in [2.75, 3.05) is 0 Å². The monoisotopic (exact) mass is 248 g/mol. The summed E-state index contributed by atoms with van der Waals surface area (Å²) >= 11 is 0. The fraction of sp³-hybridized carbons (Fsp3) is 0.889. The van der Waals surface area contributed by atoms with Crippen LogP contribution in [0.5, 0.6) is 0 Å². The van der Waals surface area contributed by atoms with E-state index in [-0.39, 0.29) is 0 Å². The van der Waals surface area contributed by atoms with Crippen LogP contribution in [-0.2, 0) is 0 Å². The number of hydrogen-bond donors (Lipinski definition) is 0. The summed E-state index contributed by atoms with van der Waals surface area (Å²) in [6.45, 7) is 2.28. The second-order valence-corrected chi connectivity index (χ2v) is 6.64. The molecule has 2 saturated carbocycles. The van der Waals surface area contributed by atoms with Crippen LogP contribution in [-0.4, -0.2) is 0 Å². The number of hydrogen-bond acceptors (Lipinski definition) is 0. The van der Waals surface area contributed by atoms with Gasteiger partial charge in [-0.15, -0.1) is 0 Å². The predicted molar refractivity (Wildman–Crippen MR) is 80.7 cm³/mol. The van der Waals surface area contributed by atoms with Crippen LogP contribution in [0.3, 0.4) is 0 Å². The SMILES string of the molecule is CCCC/C=C/[C@H]1CC[C@H](C2CCCCC2)CC1. The molecule has 0 amide bonds. The lowest BCUT2D eigenvalue weighted by molar-refractivity contribution is 0.180. The van der Waals surface area contributed by atoms with Crippen LogP contribution in [0.2, 0.25) is 0 Å². The maximum absolute atomic E-state index is 2.53. The van der Waals surface area contributed by atoms with E-state index < -0.39 is 0 Å². The molecule has 0 aliphatic heterocycles. The van der Waals surface area contributed by atoms with Crippen LogP contribution < -0.4 is 0 Å². The summed E-state index contributed by atoms with van der Waals surface area (Å²) < 4.78 is 0. The van der Waals surface area contributed by atoms with Crippen LogP contribution in [0.15, 0.2) is 12.2 Å². The Hall–Kier alpha value is -0.260. The highest BCUT2D eigenvalue weighted by Gasteiger charge is 2.27. The number of unbranched alkanes of at least 4 members (excludes halogenated alkanes) is 2. The van der Waals surface area contributed by atoms with Gasteiger partial charge in [-0.2, -0.15) is 0 Å². The molecule has 104 valence electrons. The second-order valence-electron chi connectivity index (χ2n) is 6.64. The van der Waals surface area contributed by atoms with Crippen molar-refractivity contribution >= 4 is 0 Å². The van der Waals surface area contributed by atoms with Gasteiger partial charge in [0.2, 0.25) is 0 Å². The molecule has 0 spiro atoms. The van der Waals surface area contributed by atoms with E-state index in [9.17, 15) is 0 Å². The maximum atomic E-state index is 2.53. The molecule has 0 unspecified atom stereocenters. The average Bonchev–Trinajstić information content (AvgIpc) is 2.45. The molecule has 0 heteroatoms. The average molecular weight is 248 g/mol. The zero-order valence-corrected chi connectivity index (χ0v) is 12.4. The van der Waals surface area contributed by atoms with Crippen molar-refractivity contribution in [1.29, 1.82) is 0 Å². The summed E-state index contributed by atoms with van der Waals surface area (Å²) in [5.74, 6) is 3.11. The highest BCUT2D eigenvalue weighted by Crippen LogP contribution is 2.40. The van der Waals surface area contributed by atoms with Crippen molar-refractivity contribution in [2.24, 2.45) is 17.8 Å². The van der Waals surface area contributed by atoms with E-state index in [4.69, 9.17) is 0 Å². The molecule has 18 heavy (non-hydrogen) atoms. The summed E-state index contributed by atoms with van der Waals surface area (Å²) in [5, 5.41) is 0. The smallest absolute Gasteiger partial charge is 0.0233 e. The highest BCUT2D eigenvalue weighted by atomic mass is 14.3. The van der Waals surface area contributed by atoms with Gasteiger partial charge in [-0.25, -0.2) is 0 Å². The van der Waals surface area contributed by atoms with Crippen LogP contribution in [0.4, 0.5) is 0 Å². The molecule has 0 aromatic rings. The largest absolute Gasteiger partial charge is 0.0883 e. The molecule has 0 N–H and O–H groups in total. The Morgan fingerprint density at radius 3 is 2.17 bits per heavy atom. The Morgan fingerprint density at radius 1 is 0.833 bits per heavy atom. The Morgan fingerprint density at radius 2 is 1.50 bits per heavy atom. The van der Waals surface area contributed by atoms with Crippen LogP contribution in [0, 0.1) is 17.8 Å². The molecular weight excluding hydrogens is 216 g/mol.